The number of sulfonamides is 1. The standard InChI is InChI=1S/C27H34N4O5S/c1-16(2)27-11-10-21(32)23-22-13-30(25(33)20-9-6-18(28)12-29-20)14-26(36-22,24(23)27)15-31(27)37(34,35)19-7-4-17(3)5-8-19/h4-9,12,16,21-24,32H,10-11,13-15,28H2,1-3H3/t21-,22+,23+,24+,26+,27-/m0/s1. The molecule has 0 unspecified atom stereocenters. The molecule has 10 heteroatoms. The van der Waals surface area contributed by atoms with Crippen molar-refractivity contribution in [2.45, 2.75) is 61.9 Å². The van der Waals surface area contributed by atoms with E-state index in [4.69, 9.17) is 10.5 Å². The minimum absolute atomic E-state index is 0.0158. The van der Waals surface area contributed by atoms with E-state index in [1.54, 1.807) is 33.5 Å². The lowest BCUT2D eigenvalue weighted by Crippen LogP contribution is -2.61. The van der Waals surface area contributed by atoms with Gasteiger partial charge in [-0.05, 0) is 49.9 Å². The Bertz CT molecular complexity index is 1330. The molecule has 2 aromatic rings. The van der Waals surface area contributed by atoms with Crippen molar-refractivity contribution >= 4 is 21.6 Å². The van der Waals surface area contributed by atoms with E-state index in [1.807, 2.05) is 19.1 Å². The highest BCUT2D eigenvalue weighted by Gasteiger charge is 2.76. The number of amides is 1. The average Bonchev–Trinajstić information content (AvgIpc) is 3.28. The lowest BCUT2D eigenvalue weighted by molar-refractivity contribution is -0.108. The zero-order valence-corrected chi connectivity index (χ0v) is 22.2. The van der Waals surface area contributed by atoms with Crippen LogP contribution in [0, 0.1) is 24.7 Å². The number of morpholine rings is 1. The van der Waals surface area contributed by atoms with E-state index in [9.17, 15) is 18.3 Å². The molecule has 3 saturated heterocycles. The number of rotatable bonds is 4. The number of carbonyl (C=O) groups excluding carboxylic acids is 1. The average molecular weight is 527 g/mol. The van der Waals surface area contributed by atoms with E-state index in [-0.39, 0.29) is 53.4 Å². The van der Waals surface area contributed by atoms with Crippen molar-refractivity contribution in [1.82, 2.24) is 14.2 Å². The first kappa shape index (κ1) is 24.8. The third kappa shape index (κ3) is 3.42. The van der Waals surface area contributed by atoms with Crippen LogP contribution in [0.15, 0.2) is 47.5 Å². The first-order chi connectivity index (χ1) is 17.5. The van der Waals surface area contributed by atoms with Crippen LogP contribution in [-0.4, -0.2) is 76.6 Å². The molecule has 1 saturated carbocycles. The SMILES string of the molecule is Cc1ccc(S(=O)(=O)N2C[C@@]34CN(C(=O)c5ccc(N)cn5)C[C@@H](O3)[C@@H]3[C@H]4[C@@]2(C(C)C)CC[C@@H]3O)cc1. The number of aliphatic hydroxyl groups is 1. The minimum atomic E-state index is -3.86. The van der Waals surface area contributed by atoms with Crippen molar-refractivity contribution in [2.75, 3.05) is 25.4 Å². The van der Waals surface area contributed by atoms with E-state index in [0.717, 1.165) is 5.56 Å². The Morgan fingerprint density at radius 1 is 1.19 bits per heavy atom. The molecule has 1 amide bonds. The Kier molecular flexibility index (Phi) is 5.52. The summed E-state index contributed by atoms with van der Waals surface area (Å²) in [5, 5.41) is 11.2. The summed E-state index contributed by atoms with van der Waals surface area (Å²) in [5.74, 6) is -0.744. The van der Waals surface area contributed by atoms with Crippen LogP contribution in [0.25, 0.3) is 0 Å². The number of nitrogens with zero attached hydrogens (tertiary/aromatic N) is 3. The number of anilines is 1. The fourth-order valence-corrected chi connectivity index (χ4v) is 9.68. The van der Waals surface area contributed by atoms with Crippen molar-refractivity contribution in [3.63, 3.8) is 0 Å². The summed E-state index contributed by atoms with van der Waals surface area (Å²) in [6, 6.07) is 10.2. The van der Waals surface area contributed by atoms with Crippen LogP contribution in [0.5, 0.6) is 0 Å². The van der Waals surface area contributed by atoms with Crippen molar-refractivity contribution in [3.05, 3.63) is 53.9 Å². The van der Waals surface area contributed by atoms with Gasteiger partial charge in [0, 0.05) is 30.5 Å². The molecule has 1 aliphatic carbocycles. The number of nitrogen functional groups attached to an aromatic ring is 1. The Balaban J connectivity index is 1.45. The Morgan fingerprint density at radius 2 is 1.92 bits per heavy atom. The van der Waals surface area contributed by atoms with Crippen LogP contribution in [-0.2, 0) is 14.8 Å². The van der Waals surface area contributed by atoms with Crippen LogP contribution in [0.3, 0.4) is 0 Å². The molecule has 6 rings (SSSR count). The Labute approximate surface area is 217 Å². The summed E-state index contributed by atoms with van der Waals surface area (Å²) in [6.07, 6.45) is 1.51. The number of aromatic nitrogens is 1. The molecule has 37 heavy (non-hydrogen) atoms. The van der Waals surface area contributed by atoms with Crippen LogP contribution in [0.2, 0.25) is 0 Å². The molecule has 3 N–H and O–H groups in total. The van der Waals surface area contributed by atoms with Gasteiger partial charge in [-0.3, -0.25) is 4.79 Å². The number of nitrogens with two attached hydrogens (primary N) is 1. The number of likely N-dealkylation sites (tertiary alicyclic amines) is 1. The summed E-state index contributed by atoms with van der Waals surface area (Å²) >= 11 is 0. The van der Waals surface area contributed by atoms with Gasteiger partial charge in [-0.1, -0.05) is 31.5 Å². The fraction of sp³-hybridized carbons (Fsp3) is 0.556. The maximum Gasteiger partial charge on any atom is 0.272 e. The molecule has 6 atom stereocenters. The molecule has 0 radical (unpaired) electrons. The van der Waals surface area contributed by atoms with Gasteiger partial charge in [0.05, 0.1) is 35.5 Å². The quantitative estimate of drug-likeness (QED) is 0.624. The number of hydrogen-bond donors (Lipinski definition) is 2. The number of aliphatic hydroxyl groups excluding tert-OH is 1. The normalized spacial score (nSPS) is 35.1. The van der Waals surface area contributed by atoms with E-state index in [1.165, 1.54) is 6.20 Å². The maximum absolute atomic E-state index is 14.2. The third-order valence-electron chi connectivity index (χ3n) is 9.23. The van der Waals surface area contributed by atoms with Crippen molar-refractivity contribution < 1.29 is 23.1 Å². The van der Waals surface area contributed by atoms with Gasteiger partial charge >= 0.3 is 0 Å². The zero-order valence-electron chi connectivity index (χ0n) is 21.4. The second-order valence-electron chi connectivity index (χ2n) is 11.5. The summed E-state index contributed by atoms with van der Waals surface area (Å²) in [6.45, 7) is 6.78. The van der Waals surface area contributed by atoms with E-state index in [2.05, 4.69) is 18.8 Å². The molecule has 2 bridgehead atoms. The molecule has 1 aromatic heterocycles. The van der Waals surface area contributed by atoms with Gasteiger partial charge in [0.25, 0.3) is 5.91 Å². The second kappa shape index (κ2) is 8.23. The highest BCUT2D eigenvalue weighted by atomic mass is 32.2. The number of ether oxygens (including phenoxy) is 1. The van der Waals surface area contributed by atoms with E-state index >= 15 is 0 Å². The highest BCUT2D eigenvalue weighted by Crippen LogP contribution is 2.64. The maximum atomic E-state index is 14.2. The van der Waals surface area contributed by atoms with Crippen LogP contribution < -0.4 is 5.73 Å². The topological polar surface area (TPSA) is 126 Å². The monoisotopic (exact) mass is 526 g/mol. The number of hydrogen-bond acceptors (Lipinski definition) is 7. The number of pyridine rings is 1. The van der Waals surface area contributed by atoms with Gasteiger partial charge in [0.1, 0.15) is 11.3 Å². The van der Waals surface area contributed by atoms with Crippen LogP contribution in [0.4, 0.5) is 5.69 Å². The molecule has 4 heterocycles. The summed E-state index contributed by atoms with van der Waals surface area (Å²) < 4.78 is 36.7. The van der Waals surface area contributed by atoms with E-state index < -0.39 is 27.3 Å². The van der Waals surface area contributed by atoms with E-state index in [0.29, 0.717) is 25.1 Å². The highest BCUT2D eigenvalue weighted by molar-refractivity contribution is 7.89. The summed E-state index contributed by atoms with van der Waals surface area (Å²) in [4.78, 5) is 19.7. The predicted octanol–water partition coefficient (Wildman–Crippen LogP) is 2.05. The lowest BCUT2D eigenvalue weighted by Gasteiger charge is -2.51. The molecule has 198 valence electrons. The number of aryl methyl sites for hydroxylation is 1. The van der Waals surface area contributed by atoms with Gasteiger partial charge in [-0.25, -0.2) is 13.4 Å². The van der Waals surface area contributed by atoms with Crippen LogP contribution in [0.1, 0.15) is 42.7 Å². The molecule has 3 aliphatic heterocycles. The van der Waals surface area contributed by atoms with Gasteiger partial charge in [-0.2, -0.15) is 4.31 Å². The first-order valence-electron chi connectivity index (χ1n) is 13.0. The van der Waals surface area contributed by atoms with Gasteiger partial charge < -0.3 is 20.5 Å². The first-order valence-corrected chi connectivity index (χ1v) is 14.4. The second-order valence-corrected chi connectivity index (χ2v) is 13.4. The molecule has 9 nitrogen and oxygen atoms in total. The smallest absolute Gasteiger partial charge is 0.272 e. The van der Waals surface area contributed by atoms with Gasteiger partial charge in [0.2, 0.25) is 10.0 Å². The van der Waals surface area contributed by atoms with Crippen molar-refractivity contribution in [1.29, 1.82) is 0 Å². The minimum Gasteiger partial charge on any atom is -0.397 e. The van der Waals surface area contributed by atoms with Gasteiger partial charge in [0.15, 0.2) is 0 Å². The molecule has 4 aliphatic rings. The number of carbonyl (C=O) groups is 1. The molecular formula is C27H34N4O5S. The number of fused-ring (bicyclic) bond motifs is 2. The Morgan fingerprint density at radius 3 is 2.57 bits per heavy atom. The van der Waals surface area contributed by atoms with Crippen LogP contribution >= 0.6 is 0 Å². The Hall–Kier alpha value is -2.53. The summed E-state index contributed by atoms with van der Waals surface area (Å²) in [7, 11) is -3.86. The lowest BCUT2D eigenvalue weighted by atomic mass is 9.59. The number of benzene rings is 1. The zero-order chi connectivity index (χ0) is 26.3. The predicted molar refractivity (Wildman–Crippen MR) is 137 cm³/mol. The molecule has 1 spiro atoms. The molecule has 1 aromatic carbocycles. The summed E-state index contributed by atoms with van der Waals surface area (Å²) in [5.41, 5.74) is 5.88. The largest absolute Gasteiger partial charge is 0.397 e. The van der Waals surface area contributed by atoms with Gasteiger partial charge in [-0.15, -0.1) is 0 Å². The third-order valence-corrected chi connectivity index (χ3v) is 11.1. The fourth-order valence-electron chi connectivity index (χ4n) is 7.69. The molecular weight excluding hydrogens is 492 g/mol. The van der Waals surface area contributed by atoms with Crippen molar-refractivity contribution in [3.8, 4) is 0 Å². The van der Waals surface area contributed by atoms with Crippen molar-refractivity contribution in [2.24, 2.45) is 17.8 Å². The molecule has 4 fully saturated rings.